The molecule has 0 atom stereocenters. The molecule has 0 unspecified atom stereocenters. The van der Waals surface area contributed by atoms with Crippen LogP contribution in [0.5, 0.6) is 0 Å². The summed E-state index contributed by atoms with van der Waals surface area (Å²) in [6.07, 6.45) is 5.46. The zero-order valence-corrected chi connectivity index (χ0v) is 14.2. The van der Waals surface area contributed by atoms with E-state index in [4.69, 9.17) is 0 Å². The van der Waals surface area contributed by atoms with Crippen molar-refractivity contribution in [3.8, 4) is 0 Å². The summed E-state index contributed by atoms with van der Waals surface area (Å²) in [5.74, 6) is 1.63. The highest BCUT2D eigenvalue weighted by atomic mass is 32.1. The molecule has 2 N–H and O–H groups in total. The van der Waals surface area contributed by atoms with E-state index in [1.807, 2.05) is 20.2 Å². The molecule has 0 aromatic carbocycles. The van der Waals surface area contributed by atoms with E-state index < -0.39 is 0 Å². The zero-order chi connectivity index (χ0) is 15.8. The topological polar surface area (TPSA) is 80.0 Å². The smallest absolute Gasteiger partial charge is 0.191 e. The first-order valence-electron chi connectivity index (χ1n) is 7.51. The van der Waals surface area contributed by atoms with Crippen molar-refractivity contribution in [2.24, 2.45) is 12.0 Å². The first-order chi connectivity index (χ1) is 10.7. The molecule has 120 valence electrons. The largest absolute Gasteiger partial charge is 0.357 e. The van der Waals surface area contributed by atoms with Gasteiger partial charge in [-0.2, -0.15) is 5.10 Å². The Morgan fingerprint density at radius 1 is 1.32 bits per heavy atom. The molecule has 2 aromatic rings. The minimum absolute atomic E-state index is 0.503. The number of guanidine groups is 1. The van der Waals surface area contributed by atoms with E-state index in [0.29, 0.717) is 6.54 Å². The minimum atomic E-state index is 0.503. The van der Waals surface area contributed by atoms with Gasteiger partial charge in [0.1, 0.15) is 18.7 Å². The van der Waals surface area contributed by atoms with Gasteiger partial charge < -0.3 is 10.6 Å². The van der Waals surface area contributed by atoms with Crippen LogP contribution in [0.1, 0.15) is 29.6 Å². The molecule has 0 aliphatic carbocycles. The highest BCUT2D eigenvalue weighted by Gasteiger charge is 2.03. The fourth-order valence-electron chi connectivity index (χ4n) is 1.87. The molecular weight excluding hydrogens is 298 g/mol. The van der Waals surface area contributed by atoms with Gasteiger partial charge >= 0.3 is 0 Å². The summed E-state index contributed by atoms with van der Waals surface area (Å²) in [6.45, 7) is 6.33. The number of aryl methyl sites for hydroxylation is 2. The Balaban J connectivity index is 1.84. The summed E-state index contributed by atoms with van der Waals surface area (Å²) < 4.78 is 1.73. The molecule has 0 saturated carbocycles. The molecule has 0 saturated heterocycles. The number of nitrogens with one attached hydrogen (secondary N) is 2. The normalized spacial score (nSPS) is 11.7. The molecule has 2 aromatic heterocycles. The second kappa shape index (κ2) is 8.47. The third-order valence-corrected chi connectivity index (χ3v) is 4.31. The van der Waals surface area contributed by atoms with Gasteiger partial charge in [-0.1, -0.05) is 6.92 Å². The lowest BCUT2D eigenvalue weighted by Crippen LogP contribution is -2.38. The predicted octanol–water partition coefficient (Wildman–Crippen LogP) is 1.13. The molecule has 0 aliphatic heterocycles. The van der Waals surface area contributed by atoms with E-state index >= 15 is 0 Å². The maximum absolute atomic E-state index is 4.52. The summed E-state index contributed by atoms with van der Waals surface area (Å²) in [4.78, 5) is 14.4. The number of thiazole rings is 1. The van der Waals surface area contributed by atoms with Gasteiger partial charge in [0.05, 0.1) is 5.01 Å². The highest BCUT2D eigenvalue weighted by molar-refractivity contribution is 7.11. The number of nitrogens with zero attached hydrogens (tertiary/aromatic N) is 5. The molecule has 2 heterocycles. The summed E-state index contributed by atoms with van der Waals surface area (Å²) >= 11 is 1.78. The highest BCUT2D eigenvalue weighted by Crippen LogP contribution is 2.13. The average Bonchev–Trinajstić information content (AvgIpc) is 3.13. The first-order valence-corrected chi connectivity index (χ1v) is 8.33. The predicted molar refractivity (Wildman–Crippen MR) is 89.0 cm³/mol. The van der Waals surface area contributed by atoms with Gasteiger partial charge in [-0.25, -0.2) is 15.0 Å². The lowest BCUT2D eigenvalue weighted by molar-refractivity contribution is 0.697. The molecule has 0 bridgehead atoms. The summed E-state index contributed by atoms with van der Waals surface area (Å²) in [5.41, 5.74) is 0. The molecular formula is C14H23N7S. The molecule has 8 heteroatoms. The number of hydrogen-bond acceptors (Lipinski definition) is 5. The minimum Gasteiger partial charge on any atom is -0.357 e. The lowest BCUT2D eigenvalue weighted by Gasteiger charge is -2.10. The van der Waals surface area contributed by atoms with E-state index in [0.717, 1.165) is 42.7 Å². The molecule has 2 rings (SSSR count). The number of rotatable bonds is 7. The van der Waals surface area contributed by atoms with E-state index in [9.17, 15) is 0 Å². The van der Waals surface area contributed by atoms with Crippen molar-refractivity contribution in [2.45, 2.75) is 33.2 Å². The van der Waals surface area contributed by atoms with Gasteiger partial charge in [-0.05, 0) is 13.3 Å². The second-order valence-corrected chi connectivity index (χ2v) is 5.95. The van der Waals surface area contributed by atoms with Crippen LogP contribution in [-0.4, -0.2) is 38.8 Å². The molecule has 7 nitrogen and oxygen atoms in total. The van der Waals surface area contributed by atoms with Crippen LogP contribution < -0.4 is 10.6 Å². The fourth-order valence-corrected chi connectivity index (χ4v) is 2.73. The second-order valence-electron chi connectivity index (χ2n) is 4.75. The van der Waals surface area contributed by atoms with Crippen molar-refractivity contribution >= 4 is 17.3 Å². The number of hydrogen-bond donors (Lipinski definition) is 2. The first kappa shape index (κ1) is 16.4. The van der Waals surface area contributed by atoms with Crippen LogP contribution in [0.2, 0.25) is 0 Å². The Hall–Kier alpha value is -1.96. The molecule has 0 radical (unpaired) electrons. The van der Waals surface area contributed by atoms with Crippen molar-refractivity contribution in [1.29, 1.82) is 0 Å². The Morgan fingerprint density at radius 3 is 2.82 bits per heavy atom. The van der Waals surface area contributed by atoms with Gasteiger partial charge in [0.15, 0.2) is 5.96 Å². The number of aliphatic imine (C=N–C) groups is 1. The van der Waals surface area contributed by atoms with E-state index in [-0.39, 0.29) is 0 Å². The van der Waals surface area contributed by atoms with Crippen LogP contribution >= 0.6 is 11.3 Å². The van der Waals surface area contributed by atoms with Crippen molar-refractivity contribution in [2.75, 3.05) is 13.1 Å². The van der Waals surface area contributed by atoms with Crippen LogP contribution in [0.4, 0.5) is 0 Å². The van der Waals surface area contributed by atoms with E-state index in [1.165, 1.54) is 4.88 Å². The Bertz CT molecular complexity index is 602. The Labute approximate surface area is 134 Å². The molecule has 0 fully saturated rings. The fraction of sp³-hybridized carbons (Fsp3) is 0.571. The number of aromatic nitrogens is 4. The maximum atomic E-state index is 4.52. The van der Waals surface area contributed by atoms with Gasteiger partial charge in [0.2, 0.25) is 0 Å². The third kappa shape index (κ3) is 4.80. The van der Waals surface area contributed by atoms with Crippen LogP contribution in [0.25, 0.3) is 0 Å². The van der Waals surface area contributed by atoms with Crippen molar-refractivity contribution in [3.63, 3.8) is 0 Å². The van der Waals surface area contributed by atoms with Gasteiger partial charge in [-0.3, -0.25) is 4.68 Å². The maximum Gasteiger partial charge on any atom is 0.191 e. The van der Waals surface area contributed by atoms with E-state index in [2.05, 4.69) is 37.6 Å². The quantitative estimate of drug-likeness (QED) is 0.590. The van der Waals surface area contributed by atoms with Crippen LogP contribution in [0.3, 0.4) is 0 Å². The SMILES string of the molecule is CCNC(=NCc1ncnn1C)NCCc1ncc(CC)s1. The average molecular weight is 321 g/mol. The summed E-state index contributed by atoms with van der Waals surface area (Å²) in [5, 5.41) is 11.8. The van der Waals surface area contributed by atoms with Crippen LogP contribution in [-0.2, 0) is 26.4 Å². The molecule has 0 amide bonds. The van der Waals surface area contributed by atoms with Crippen LogP contribution in [0, 0.1) is 0 Å². The lowest BCUT2D eigenvalue weighted by atomic mass is 10.4. The summed E-state index contributed by atoms with van der Waals surface area (Å²) in [7, 11) is 1.87. The van der Waals surface area contributed by atoms with Gasteiger partial charge in [0, 0.05) is 37.6 Å². The van der Waals surface area contributed by atoms with E-state index in [1.54, 1.807) is 22.3 Å². The molecule has 0 aliphatic rings. The standard InChI is InChI=1S/C14H23N7S/c1-4-11-8-17-13(22-11)6-7-16-14(15-5-2)18-9-12-19-10-20-21(12)3/h8,10H,4-7,9H2,1-3H3,(H2,15,16,18). The van der Waals surface area contributed by atoms with Crippen molar-refractivity contribution < 1.29 is 0 Å². The Morgan fingerprint density at radius 2 is 2.18 bits per heavy atom. The van der Waals surface area contributed by atoms with Crippen molar-refractivity contribution in [3.05, 3.63) is 28.2 Å². The monoisotopic (exact) mass is 321 g/mol. The van der Waals surface area contributed by atoms with Crippen LogP contribution in [0.15, 0.2) is 17.5 Å². The third-order valence-electron chi connectivity index (χ3n) is 3.11. The molecule has 22 heavy (non-hydrogen) atoms. The Kier molecular flexibility index (Phi) is 6.32. The van der Waals surface area contributed by atoms with Gasteiger partial charge in [-0.15, -0.1) is 11.3 Å². The zero-order valence-electron chi connectivity index (χ0n) is 13.3. The molecule has 0 spiro atoms. The van der Waals surface area contributed by atoms with Gasteiger partial charge in [0.25, 0.3) is 0 Å². The summed E-state index contributed by atoms with van der Waals surface area (Å²) in [6, 6.07) is 0. The van der Waals surface area contributed by atoms with Crippen molar-refractivity contribution in [1.82, 2.24) is 30.4 Å².